The highest BCUT2D eigenvalue weighted by atomic mass is 16.2. The molecule has 0 radical (unpaired) electrons. The van der Waals surface area contributed by atoms with Crippen molar-refractivity contribution in [2.24, 2.45) is 0 Å². The molecule has 0 unspecified atom stereocenters. The van der Waals surface area contributed by atoms with Crippen molar-refractivity contribution in [3.63, 3.8) is 0 Å². The van der Waals surface area contributed by atoms with Gasteiger partial charge >= 0.3 is 0 Å². The minimum atomic E-state index is -0.0472. The molecule has 0 aliphatic carbocycles. The maximum Gasteiger partial charge on any atom is 0.272 e. The Bertz CT molecular complexity index is 428. The van der Waals surface area contributed by atoms with Crippen LogP contribution < -0.4 is 5.32 Å². The molecule has 1 N–H and O–H groups in total. The van der Waals surface area contributed by atoms with Gasteiger partial charge < -0.3 is 10.2 Å². The van der Waals surface area contributed by atoms with Crippen LogP contribution in [-0.4, -0.2) is 34.9 Å². The molecule has 0 atom stereocenters. The zero-order chi connectivity index (χ0) is 12.5. The molecule has 1 aromatic rings. The summed E-state index contributed by atoms with van der Waals surface area (Å²) in [7, 11) is 1.80. The molecule has 1 amide bonds. The summed E-state index contributed by atoms with van der Waals surface area (Å²) in [6, 6.07) is 5.48. The number of rotatable bonds is 2. The van der Waals surface area contributed by atoms with E-state index in [2.05, 4.69) is 24.1 Å². The summed E-state index contributed by atoms with van der Waals surface area (Å²) in [5, 5.41) is 2.95. The molecule has 1 saturated heterocycles. The van der Waals surface area contributed by atoms with Gasteiger partial charge in [0, 0.05) is 19.1 Å². The lowest BCUT2D eigenvalue weighted by atomic mass is 10.0. The Morgan fingerprint density at radius 3 is 2.82 bits per heavy atom. The molecule has 0 spiro atoms. The van der Waals surface area contributed by atoms with Crippen LogP contribution in [0, 0.1) is 0 Å². The van der Waals surface area contributed by atoms with E-state index in [0.717, 1.165) is 25.2 Å². The second kappa shape index (κ2) is 4.35. The lowest BCUT2D eigenvalue weighted by molar-refractivity contribution is 0.0646. The van der Waals surface area contributed by atoms with Gasteiger partial charge in [-0.1, -0.05) is 6.07 Å². The Balaban J connectivity index is 2.25. The second-order valence-electron chi connectivity index (χ2n) is 5.03. The Morgan fingerprint density at radius 1 is 1.47 bits per heavy atom. The number of hydrogen-bond acceptors (Lipinski definition) is 3. The topological polar surface area (TPSA) is 45.2 Å². The third kappa shape index (κ3) is 2.25. The van der Waals surface area contributed by atoms with Crippen molar-refractivity contribution in [1.82, 2.24) is 9.88 Å². The average Bonchev–Trinajstić information content (AvgIpc) is 2.68. The van der Waals surface area contributed by atoms with Gasteiger partial charge in [0.05, 0.1) is 0 Å². The van der Waals surface area contributed by atoms with Crippen LogP contribution in [0.2, 0.25) is 0 Å². The summed E-state index contributed by atoms with van der Waals surface area (Å²) < 4.78 is 0. The minimum absolute atomic E-state index is 0.0320. The monoisotopic (exact) mass is 233 g/mol. The first-order valence-corrected chi connectivity index (χ1v) is 6.01. The Morgan fingerprint density at radius 2 is 2.24 bits per heavy atom. The van der Waals surface area contributed by atoms with Crippen LogP contribution in [0.25, 0.3) is 0 Å². The summed E-state index contributed by atoms with van der Waals surface area (Å²) in [6.07, 6.45) is 2.13. The molecule has 1 aromatic heterocycles. The standard InChI is InChI=1S/C13H19N3O/c1-13(2)8-5-9-16(13)12(17)10-6-4-7-11(14-3)15-10/h4,6-7H,5,8-9H2,1-3H3,(H,14,15). The highest BCUT2D eigenvalue weighted by Gasteiger charge is 2.36. The lowest BCUT2D eigenvalue weighted by Gasteiger charge is -2.31. The van der Waals surface area contributed by atoms with E-state index >= 15 is 0 Å². The Hall–Kier alpha value is -1.58. The van der Waals surface area contributed by atoms with Crippen LogP contribution in [0.1, 0.15) is 37.2 Å². The van der Waals surface area contributed by atoms with E-state index in [-0.39, 0.29) is 11.4 Å². The van der Waals surface area contributed by atoms with Crippen molar-refractivity contribution in [2.75, 3.05) is 18.9 Å². The number of nitrogens with zero attached hydrogens (tertiary/aromatic N) is 2. The first-order chi connectivity index (χ1) is 8.04. The summed E-state index contributed by atoms with van der Waals surface area (Å²) in [6.45, 7) is 5.05. The van der Waals surface area contributed by atoms with Crippen LogP contribution in [0.4, 0.5) is 5.82 Å². The van der Waals surface area contributed by atoms with Crippen LogP contribution in [0.5, 0.6) is 0 Å². The van der Waals surface area contributed by atoms with E-state index in [1.54, 1.807) is 13.1 Å². The maximum absolute atomic E-state index is 12.4. The molecular formula is C13H19N3O. The van der Waals surface area contributed by atoms with E-state index in [4.69, 9.17) is 0 Å². The van der Waals surface area contributed by atoms with Gasteiger partial charge in [-0.25, -0.2) is 4.98 Å². The van der Waals surface area contributed by atoms with Crippen molar-refractivity contribution < 1.29 is 4.79 Å². The molecule has 0 bridgehead atoms. The zero-order valence-corrected chi connectivity index (χ0v) is 10.7. The van der Waals surface area contributed by atoms with E-state index in [1.165, 1.54) is 0 Å². The van der Waals surface area contributed by atoms with Crippen molar-refractivity contribution in [3.8, 4) is 0 Å². The molecule has 1 aliphatic heterocycles. The van der Waals surface area contributed by atoms with Gasteiger partial charge in [0.25, 0.3) is 5.91 Å². The summed E-state index contributed by atoms with van der Waals surface area (Å²) in [5.41, 5.74) is 0.473. The van der Waals surface area contributed by atoms with Crippen molar-refractivity contribution >= 4 is 11.7 Å². The fraction of sp³-hybridized carbons (Fsp3) is 0.538. The van der Waals surface area contributed by atoms with E-state index in [1.807, 2.05) is 17.0 Å². The largest absolute Gasteiger partial charge is 0.373 e. The van der Waals surface area contributed by atoms with E-state index in [9.17, 15) is 4.79 Å². The highest BCUT2D eigenvalue weighted by molar-refractivity contribution is 5.93. The normalized spacial score (nSPS) is 18.2. The number of hydrogen-bond donors (Lipinski definition) is 1. The third-order valence-electron chi connectivity index (χ3n) is 3.37. The number of likely N-dealkylation sites (tertiary alicyclic amines) is 1. The second-order valence-corrected chi connectivity index (χ2v) is 5.03. The molecule has 4 nitrogen and oxygen atoms in total. The van der Waals surface area contributed by atoms with Gasteiger partial charge in [-0.3, -0.25) is 4.79 Å². The molecule has 2 heterocycles. The molecule has 0 aromatic carbocycles. The van der Waals surface area contributed by atoms with Crippen molar-refractivity contribution in [2.45, 2.75) is 32.2 Å². The predicted octanol–water partition coefficient (Wildman–Crippen LogP) is 2.14. The number of aromatic nitrogens is 1. The molecule has 0 saturated carbocycles. The fourth-order valence-corrected chi connectivity index (χ4v) is 2.32. The summed E-state index contributed by atoms with van der Waals surface area (Å²) in [4.78, 5) is 18.6. The first kappa shape index (κ1) is 11.9. The quantitative estimate of drug-likeness (QED) is 0.851. The Kier molecular flexibility index (Phi) is 3.05. The molecular weight excluding hydrogens is 214 g/mol. The minimum Gasteiger partial charge on any atom is -0.373 e. The number of nitrogens with one attached hydrogen (secondary N) is 1. The lowest BCUT2D eigenvalue weighted by Crippen LogP contribution is -2.42. The fourth-order valence-electron chi connectivity index (χ4n) is 2.32. The number of carbonyl (C=O) groups is 1. The summed E-state index contributed by atoms with van der Waals surface area (Å²) >= 11 is 0. The van der Waals surface area contributed by atoms with Crippen molar-refractivity contribution in [1.29, 1.82) is 0 Å². The van der Waals surface area contributed by atoms with Gasteiger partial charge in [0.1, 0.15) is 11.5 Å². The number of amides is 1. The van der Waals surface area contributed by atoms with Gasteiger partial charge in [-0.2, -0.15) is 0 Å². The molecule has 92 valence electrons. The Labute approximate surface area is 102 Å². The highest BCUT2D eigenvalue weighted by Crippen LogP contribution is 2.29. The average molecular weight is 233 g/mol. The summed E-state index contributed by atoms with van der Waals surface area (Å²) in [5.74, 6) is 0.762. The molecule has 17 heavy (non-hydrogen) atoms. The van der Waals surface area contributed by atoms with Crippen molar-refractivity contribution in [3.05, 3.63) is 23.9 Å². The van der Waals surface area contributed by atoms with Crippen LogP contribution in [0.3, 0.4) is 0 Å². The number of carbonyl (C=O) groups excluding carboxylic acids is 1. The van der Waals surface area contributed by atoms with Gasteiger partial charge in [0.2, 0.25) is 0 Å². The third-order valence-corrected chi connectivity index (χ3v) is 3.37. The van der Waals surface area contributed by atoms with Gasteiger partial charge in [-0.15, -0.1) is 0 Å². The van der Waals surface area contributed by atoms with E-state index < -0.39 is 0 Å². The molecule has 1 aliphatic rings. The first-order valence-electron chi connectivity index (χ1n) is 6.01. The van der Waals surface area contributed by atoms with E-state index in [0.29, 0.717) is 5.69 Å². The zero-order valence-electron chi connectivity index (χ0n) is 10.7. The molecule has 1 fully saturated rings. The van der Waals surface area contributed by atoms with Crippen LogP contribution in [-0.2, 0) is 0 Å². The smallest absolute Gasteiger partial charge is 0.272 e. The number of anilines is 1. The predicted molar refractivity (Wildman–Crippen MR) is 68.1 cm³/mol. The number of pyridine rings is 1. The van der Waals surface area contributed by atoms with Crippen LogP contribution in [0.15, 0.2) is 18.2 Å². The van der Waals surface area contributed by atoms with Gasteiger partial charge in [0.15, 0.2) is 0 Å². The SMILES string of the molecule is CNc1cccc(C(=O)N2CCCC2(C)C)n1. The van der Waals surface area contributed by atoms with Crippen LogP contribution >= 0.6 is 0 Å². The molecule has 4 heteroatoms. The maximum atomic E-state index is 12.4. The van der Waals surface area contributed by atoms with Gasteiger partial charge in [-0.05, 0) is 38.8 Å². The molecule has 2 rings (SSSR count).